The van der Waals surface area contributed by atoms with Crippen LogP contribution in [0.5, 0.6) is 0 Å². The minimum absolute atomic E-state index is 0.192. The summed E-state index contributed by atoms with van der Waals surface area (Å²) >= 11 is 0. The molecule has 0 radical (unpaired) electrons. The number of hydrogen-bond acceptors (Lipinski definition) is 3. The molecule has 4 heteroatoms. The average molecular weight is 752 g/mol. The van der Waals surface area contributed by atoms with Crippen molar-refractivity contribution in [2.75, 3.05) is 6.61 Å². The largest absolute Gasteiger partial charge is 0.394 e. The van der Waals surface area contributed by atoms with E-state index in [-0.39, 0.29) is 18.9 Å². The number of aliphatic hydroxyl groups excluding tert-OH is 2. The fraction of sp³-hybridized carbons (Fsp3) is 0.740. The van der Waals surface area contributed by atoms with E-state index in [4.69, 9.17) is 0 Å². The lowest BCUT2D eigenvalue weighted by Gasteiger charge is -2.19. The molecule has 312 valence electrons. The van der Waals surface area contributed by atoms with Gasteiger partial charge in [0.15, 0.2) is 0 Å². The van der Waals surface area contributed by atoms with Crippen LogP contribution in [0.25, 0.3) is 0 Å². The maximum absolute atomic E-state index is 12.3. The summed E-state index contributed by atoms with van der Waals surface area (Å²) in [5.74, 6) is -0.192. The molecule has 0 aliphatic rings. The average Bonchev–Trinajstić information content (AvgIpc) is 3.18. The van der Waals surface area contributed by atoms with Gasteiger partial charge in [-0.2, -0.15) is 0 Å². The van der Waals surface area contributed by atoms with Gasteiger partial charge in [-0.05, 0) is 44.9 Å². The number of amides is 1. The Balaban J connectivity index is 3.60. The summed E-state index contributed by atoms with van der Waals surface area (Å²) in [5, 5.41) is 22.9. The first-order valence-corrected chi connectivity index (χ1v) is 23.2. The van der Waals surface area contributed by atoms with Crippen LogP contribution in [0.4, 0.5) is 0 Å². The Hall–Kier alpha value is -2.17. The second-order valence-electron chi connectivity index (χ2n) is 15.5. The number of aliphatic hydroxyl groups is 2. The summed E-state index contributed by atoms with van der Waals surface area (Å²) in [6.45, 7) is 4.15. The molecule has 4 nitrogen and oxygen atoms in total. The van der Waals surface area contributed by atoms with Gasteiger partial charge in [-0.1, -0.05) is 241 Å². The Kier molecular flexibility index (Phi) is 43.4. The summed E-state index contributed by atoms with van der Waals surface area (Å²) in [7, 11) is 0. The molecule has 0 fully saturated rings. The van der Waals surface area contributed by atoms with E-state index in [9.17, 15) is 15.0 Å². The molecule has 0 rings (SSSR count). The van der Waals surface area contributed by atoms with Crippen LogP contribution < -0.4 is 5.32 Å². The highest BCUT2D eigenvalue weighted by Crippen LogP contribution is 2.16. The molecule has 0 aliphatic heterocycles. The van der Waals surface area contributed by atoms with Crippen LogP contribution in [0.1, 0.15) is 219 Å². The fourth-order valence-electron chi connectivity index (χ4n) is 6.72. The van der Waals surface area contributed by atoms with Gasteiger partial charge >= 0.3 is 0 Å². The summed E-state index contributed by atoms with van der Waals surface area (Å²) in [6, 6.07) is -0.680. The first-order chi connectivity index (χ1) is 26.7. The molecular formula is C50H89NO3. The van der Waals surface area contributed by atoms with Crippen LogP contribution in [-0.4, -0.2) is 34.9 Å². The lowest BCUT2D eigenvalue weighted by Crippen LogP contribution is -2.44. The zero-order valence-corrected chi connectivity index (χ0v) is 35.7. The van der Waals surface area contributed by atoms with Crippen molar-refractivity contribution in [1.29, 1.82) is 0 Å². The molecule has 1 amide bonds. The Bertz CT molecular complexity index is 946. The Morgan fingerprint density at radius 2 is 0.796 bits per heavy atom. The van der Waals surface area contributed by atoms with Crippen molar-refractivity contribution in [2.45, 2.75) is 231 Å². The van der Waals surface area contributed by atoms with E-state index in [2.05, 4.69) is 67.8 Å². The summed E-state index contributed by atoms with van der Waals surface area (Å²) in [6.07, 6.45) is 64.8. The van der Waals surface area contributed by atoms with E-state index in [0.717, 1.165) is 44.9 Å². The minimum atomic E-state index is -0.883. The molecule has 0 aromatic rings. The highest BCUT2D eigenvalue weighted by atomic mass is 16.3. The van der Waals surface area contributed by atoms with Crippen molar-refractivity contribution in [3.05, 3.63) is 72.9 Å². The Morgan fingerprint density at radius 1 is 0.463 bits per heavy atom. The Morgan fingerprint density at radius 3 is 1.15 bits per heavy atom. The van der Waals surface area contributed by atoms with Gasteiger partial charge in [0, 0.05) is 6.42 Å². The Labute approximate surface area is 336 Å². The monoisotopic (exact) mass is 752 g/mol. The molecule has 3 N–H and O–H groups in total. The van der Waals surface area contributed by atoms with E-state index in [1.165, 1.54) is 154 Å². The van der Waals surface area contributed by atoms with Crippen molar-refractivity contribution in [3.63, 3.8) is 0 Å². The number of carbonyl (C=O) groups excluding carboxylic acids is 1. The summed E-state index contributed by atoms with van der Waals surface area (Å²) in [5.41, 5.74) is 0. The summed E-state index contributed by atoms with van der Waals surface area (Å²) in [4.78, 5) is 12.3. The number of rotatable bonds is 41. The van der Waals surface area contributed by atoms with Gasteiger partial charge < -0.3 is 15.5 Å². The van der Waals surface area contributed by atoms with E-state index in [0.29, 0.717) is 0 Å². The molecular weight excluding hydrogens is 663 g/mol. The lowest BCUT2D eigenvalue weighted by molar-refractivity contribution is -0.122. The van der Waals surface area contributed by atoms with Crippen LogP contribution in [0.15, 0.2) is 72.9 Å². The molecule has 2 atom stereocenters. The predicted molar refractivity (Wildman–Crippen MR) is 239 cm³/mol. The van der Waals surface area contributed by atoms with E-state index < -0.39 is 12.1 Å². The van der Waals surface area contributed by atoms with Gasteiger partial charge in [0.25, 0.3) is 0 Å². The standard InChI is InChI=1S/C50H89NO3/c1-3-5-7-9-11-13-15-17-19-20-21-22-23-24-25-26-27-28-29-30-32-33-35-37-39-41-43-45-49(53)48(47-52)51-50(54)46-44-42-40-38-36-34-31-18-16-14-12-10-8-6-4-2/h6,8,12,14,18,31,36,38,42-45,48-49,52-53H,3-5,7,9-11,13,15-17,19-30,32-35,37,39-41,46-47H2,1-2H3,(H,51,54)/b8-6-,14-12-,31-18-,38-36-,44-42-,45-43+. The molecule has 0 aliphatic carbocycles. The molecule has 0 heterocycles. The number of allylic oxidation sites excluding steroid dienone is 10. The zero-order chi connectivity index (χ0) is 39.3. The van der Waals surface area contributed by atoms with Gasteiger partial charge in [-0.25, -0.2) is 0 Å². The quantitative estimate of drug-likeness (QED) is 0.0430. The topological polar surface area (TPSA) is 69.6 Å². The van der Waals surface area contributed by atoms with Gasteiger partial charge in [0.2, 0.25) is 5.91 Å². The second-order valence-corrected chi connectivity index (χ2v) is 15.5. The highest BCUT2D eigenvalue weighted by molar-refractivity contribution is 5.77. The van der Waals surface area contributed by atoms with E-state index >= 15 is 0 Å². The lowest BCUT2D eigenvalue weighted by atomic mass is 10.0. The smallest absolute Gasteiger partial charge is 0.224 e. The number of unbranched alkanes of at least 4 members (excludes halogenated alkanes) is 25. The SMILES string of the molecule is CC/C=C\C/C=C\C/C=C\C/C=C\C/C=C\CC(=O)NC(CO)C(O)/C=C/CCCCCCCCCCCCCCCCCCCCCCCCCCC. The van der Waals surface area contributed by atoms with E-state index in [1.54, 1.807) is 6.08 Å². The third-order valence-corrected chi connectivity index (χ3v) is 10.2. The fourth-order valence-corrected chi connectivity index (χ4v) is 6.72. The van der Waals surface area contributed by atoms with Crippen molar-refractivity contribution in [2.24, 2.45) is 0 Å². The molecule has 0 aromatic carbocycles. The van der Waals surface area contributed by atoms with Crippen molar-refractivity contribution in [1.82, 2.24) is 5.32 Å². The molecule has 0 spiro atoms. The van der Waals surface area contributed by atoms with Gasteiger partial charge in [-0.15, -0.1) is 0 Å². The highest BCUT2D eigenvalue weighted by Gasteiger charge is 2.17. The molecule has 0 saturated heterocycles. The molecule has 0 bridgehead atoms. The zero-order valence-electron chi connectivity index (χ0n) is 35.7. The van der Waals surface area contributed by atoms with Crippen molar-refractivity contribution >= 4 is 5.91 Å². The minimum Gasteiger partial charge on any atom is -0.394 e. The van der Waals surface area contributed by atoms with Gasteiger partial charge in [0.05, 0.1) is 18.8 Å². The predicted octanol–water partition coefficient (Wildman–Crippen LogP) is 14.7. The van der Waals surface area contributed by atoms with Crippen LogP contribution in [0, 0.1) is 0 Å². The number of nitrogens with one attached hydrogen (secondary N) is 1. The first kappa shape index (κ1) is 51.8. The van der Waals surface area contributed by atoms with Crippen LogP contribution in [0.2, 0.25) is 0 Å². The summed E-state index contributed by atoms with van der Waals surface area (Å²) < 4.78 is 0. The van der Waals surface area contributed by atoms with Crippen molar-refractivity contribution in [3.8, 4) is 0 Å². The van der Waals surface area contributed by atoms with Crippen LogP contribution >= 0.6 is 0 Å². The number of hydrogen-bond donors (Lipinski definition) is 3. The maximum atomic E-state index is 12.3. The normalized spacial score (nSPS) is 13.6. The molecule has 54 heavy (non-hydrogen) atoms. The maximum Gasteiger partial charge on any atom is 0.224 e. The van der Waals surface area contributed by atoms with Crippen LogP contribution in [-0.2, 0) is 4.79 Å². The third kappa shape index (κ3) is 41.0. The molecule has 0 aromatic heterocycles. The van der Waals surface area contributed by atoms with Gasteiger partial charge in [0.1, 0.15) is 0 Å². The van der Waals surface area contributed by atoms with E-state index in [1.807, 2.05) is 18.2 Å². The molecule has 0 saturated carbocycles. The number of carbonyl (C=O) groups is 1. The van der Waals surface area contributed by atoms with Gasteiger partial charge in [-0.3, -0.25) is 4.79 Å². The molecule has 2 unspecified atom stereocenters. The van der Waals surface area contributed by atoms with Crippen LogP contribution in [0.3, 0.4) is 0 Å². The third-order valence-electron chi connectivity index (χ3n) is 10.2. The van der Waals surface area contributed by atoms with Crippen molar-refractivity contribution < 1.29 is 15.0 Å². The first-order valence-electron chi connectivity index (χ1n) is 23.2. The second kappa shape index (κ2) is 45.2.